The van der Waals surface area contributed by atoms with Crippen LogP contribution in [-0.4, -0.2) is 11.8 Å². The first kappa shape index (κ1) is 13.4. The second-order valence-electron chi connectivity index (χ2n) is 5.02. The van der Waals surface area contributed by atoms with Gasteiger partial charge in [0.1, 0.15) is 0 Å². The number of hydrogen-bond acceptors (Lipinski definition) is 5. The van der Waals surface area contributed by atoms with E-state index in [4.69, 9.17) is 9.47 Å². The van der Waals surface area contributed by atoms with Gasteiger partial charge in [-0.1, -0.05) is 6.07 Å². The summed E-state index contributed by atoms with van der Waals surface area (Å²) in [4.78, 5) is 5.60. The van der Waals surface area contributed by atoms with E-state index in [1.54, 1.807) is 11.3 Å². The minimum Gasteiger partial charge on any atom is -0.454 e. The van der Waals surface area contributed by atoms with E-state index >= 15 is 0 Å². The lowest BCUT2D eigenvalue weighted by atomic mass is 10.1. The third-order valence-electron chi connectivity index (χ3n) is 3.57. The van der Waals surface area contributed by atoms with Gasteiger partial charge in [0.15, 0.2) is 11.5 Å². The van der Waals surface area contributed by atoms with Crippen molar-refractivity contribution >= 4 is 11.3 Å². The van der Waals surface area contributed by atoms with Gasteiger partial charge in [0.25, 0.3) is 0 Å². The van der Waals surface area contributed by atoms with E-state index in [1.165, 1.54) is 10.4 Å². The Kier molecular flexibility index (Phi) is 3.63. The molecule has 0 bridgehead atoms. The van der Waals surface area contributed by atoms with Crippen molar-refractivity contribution in [3.8, 4) is 11.5 Å². The lowest BCUT2D eigenvalue weighted by Gasteiger charge is -2.20. The van der Waals surface area contributed by atoms with Crippen LogP contribution in [-0.2, 0) is 0 Å². The summed E-state index contributed by atoms with van der Waals surface area (Å²) in [6, 6.07) is 6.62. The molecule has 0 spiro atoms. The number of nitrogens with one attached hydrogen (secondary N) is 1. The number of hydrogen-bond donors (Lipinski definition) is 1. The van der Waals surface area contributed by atoms with Gasteiger partial charge in [-0.3, -0.25) is 0 Å². The van der Waals surface area contributed by atoms with E-state index in [9.17, 15) is 0 Å². The Morgan fingerprint density at radius 2 is 2.00 bits per heavy atom. The highest BCUT2D eigenvalue weighted by Crippen LogP contribution is 2.34. The molecule has 4 nitrogen and oxygen atoms in total. The second kappa shape index (κ2) is 5.42. The minimum absolute atomic E-state index is 0.237. The summed E-state index contributed by atoms with van der Waals surface area (Å²) in [5.74, 6) is 1.66. The number of ether oxygens (including phenoxy) is 2. The molecule has 2 atom stereocenters. The van der Waals surface area contributed by atoms with Crippen molar-refractivity contribution in [2.24, 2.45) is 0 Å². The Morgan fingerprint density at radius 3 is 2.75 bits per heavy atom. The van der Waals surface area contributed by atoms with Crippen LogP contribution in [0.2, 0.25) is 0 Å². The van der Waals surface area contributed by atoms with Gasteiger partial charge in [-0.25, -0.2) is 4.98 Å². The predicted molar refractivity (Wildman–Crippen MR) is 79.4 cm³/mol. The van der Waals surface area contributed by atoms with Crippen molar-refractivity contribution in [3.63, 3.8) is 0 Å². The van der Waals surface area contributed by atoms with Gasteiger partial charge < -0.3 is 14.8 Å². The molecule has 1 aromatic carbocycles. The van der Waals surface area contributed by atoms with Gasteiger partial charge in [-0.15, -0.1) is 11.3 Å². The zero-order chi connectivity index (χ0) is 14.1. The standard InChI is InChI=1S/C15H18N2O2S/c1-9(17-11(3)15-10(2)16-7-20-15)12-4-5-13-14(6-12)19-8-18-13/h4-7,9,11,17H,8H2,1-3H3. The van der Waals surface area contributed by atoms with Crippen molar-refractivity contribution < 1.29 is 9.47 Å². The summed E-state index contributed by atoms with van der Waals surface area (Å²) in [6.45, 7) is 6.70. The Balaban J connectivity index is 1.73. The number of thiazole rings is 1. The average molecular weight is 290 g/mol. The Labute approximate surface area is 122 Å². The van der Waals surface area contributed by atoms with Crippen LogP contribution in [0.25, 0.3) is 0 Å². The molecule has 0 fully saturated rings. The zero-order valence-corrected chi connectivity index (χ0v) is 12.7. The summed E-state index contributed by atoms with van der Waals surface area (Å²) in [6.07, 6.45) is 0. The van der Waals surface area contributed by atoms with Crippen LogP contribution in [0.15, 0.2) is 23.7 Å². The second-order valence-corrected chi connectivity index (χ2v) is 5.91. The first-order valence-electron chi connectivity index (χ1n) is 6.70. The SMILES string of the molecule is Cc1ncsc1C(C)NC(C)c1ccc2c(c1)OCO2. The van der Waals surface area contributed by atoms with Gasteiger partial charge in [0.2, 0.25) is 6.79 Å². The molecule has 1 aliphatic rings. The highest BCUT2D eigenvalue weighted by Gasteiger charge is 2.18. The maximum Gasteiger partial charge on any atom is 0.231 e. The average Bonchev–Trinajstić information content (AvgIpc) is 3.05. The van der Waals surface area contributed by atoms with Crippen molar-refractivity contribution in [2.75, 3.05) is 6.79 Å². The fourth-order valence-electron chi connectivity index (χ4n) is 2.46. The largest absolute Gasteiger partial charge is 0.454 e. The molecule has 2 aromatic rings. The molecule has 0 saturated carbocycles. The molecule has 0 saturated heterocycles. The molecule has 0 radical (unpaired) electrons. The Hall–Kier alpha value is -1.59. The minimum atomic E-state index is 0.237. The lowest BCUT2D eigenvalue weighted by Crippen LogP contribution is -2.22. The van der Waals surface area contributed by atoms with Crippen LogP contribution in [0, 0.1) is 6.92 Å². The number of aryl methyl sites for hydroxylation is 1. The van der Waals surface area contributed by atoms with Gasteiger partial charge in [0.05, 0.1) is 11.2 Å². The molecule has 1 N–H and O–H groups in total. The molecular weight excluding hydrogens is 272 g/mol. The quantitative estimate of drug-likeness (QED) is 0.934. The molecule has 0 aliphatic carbocycles. The lowest BCUT2D eigenvalue weighted by molar-refractivity contribution is 0.174. The summed E-state index contributed by atoms with van der Waals surface area (Å²) in [7, 11) is 0. The van der Waals surface area contributed by atoms with Crippen LogP contribution < -0.4 is 14.8 Å². The van der Waals surface area contributed by atoms with Crippen LogP contribution in [0.3, 0.4) is 0 Å². The van der Waals surface area contributed by atoms with Gasteiger partial charge >= 0.3 is 0 Å². The Morgan fingerprint density at radius 1 is 1.20 bits per heavy atom. The summed E-state index contributed by atoms with van der Waals surface area (Å²) in [5.41, 5.74) is 4.20. The molecule has 2 unspecified atom stereocenters. The molecule has 2 heterocycles. The van der Waals surface area contributed by atoms with E-state index in [0.29, 0.717) is 6.79 Å². The number of rotatable bonds is 4. The molecule has 5 heteroatoms. The van der Waals surface area contributed by atoms with Crippen LogP contribution in [0.1, 0.15) is 42.1 Å². The van der Waals surface area contributed by atoms with E-state index in [2.05, 4.69) is 37.1 Å². The fourth-order valence-corrected chi connectivity index (χ4v) is 3.28. The van der Waals surface area contributed by atoms with Crippen LogP contribution in [0.5, 0.6) is 11.5 Å². The number of fused-ring (bicyclic) bond motifs is 1. The van der Waals surface area contributed by atoms with E-state index < -0.39 is 0 Å². The maximum atomic E-state index is 5.43. The van der Waals surface area contributed by atoms with Crippen molar-refractivity contribution in [3.05, 3.63) is 39.8 Å². The Bertz CT molecular complexity index is 612. The first-order chi connectivity index (χ1) is 9.65. The monoisotopic (exact) mass is 290 g/mol. The molecule has 3 rings (SSSR count). The molecular formula is C15H18N2O2S. The summed E-state index contributed by atoms with van der Waals surface area (Å²) >= 11 is 1.70. The van der Waals surface area contributed by atoms with Crippen molar-refractivity contribution in [1.82, 2.24) is 10.3 Å². The molecule has 1 aliphatic heterocycles. The summed E-state index contributed by atoms with van der Waals surface area (Å²) in [5, 5.41) is 3.60. The van der Waals surface area contributed by atoms with Gasteiger partial charge in [-0.2, -0.15) is 0 Å². The van der Waals surface area contributed by atoms with Crippen molar-refractivity contribution in [2.45, 2.75) is 32.9 Å². The smallest absolute Gasteiger partial charge is 0.231 e. The van der Waals surface area contributed by atoms with E-state index in [-0.39, 0.29) is 12.1 Å². The van der Waals surface area contributed by atoms with Crippen molar-refractivity contribution in [1.29, 1.82) is 0 Å². The highest BCUT2D eigenvalue weighted by molar-refractivity contribution is 7.09. The maximum absolute atomic E-state index is 5.43. The first-order valence-corrected chi connectivity index (χ1v) is 7.58. The number of nitrogens with zero attached hydrogens (tertiary/aromatic N) is 1. The van der Waals surface area contributed by atoms with Gasteiger partial charge in [0, 0.05) is 17.0 Å². The zero-order valence-electron chi connectivity index (χ0n) is 11.8. The molecule has 20 heavy (non-hydrogen) atoms. The van der Waals surface area contributed by atoms with E-state index in [1.807, 2.05) is 17.6 Å². The molecule has 106 valence electrons. The topological polar surface area (TPSA) is 43.4 Å². The van der Waals surface area contributed by atoms with E-state index in [0.717, 1.165) is 17.2 Å². The van der Waals surface area contributed by atoms with Crippen LogP contribution in [0.4, 0.5) is 0 Å². The third kappa shape index (κ3) is 2.51. The number of benzene rings is 1. The fraction of sp³-hybridized carbons (Fsp3) is 0.400. The normalized spacial score (nSPS) is 16.1. The molecule has 1 aromatic heterocycles. The van der Waals surface area contributed by atoms with Crippen LogP contribution >= 0.6 is 11.3 Å². The third-order valence-corrected chi connectivity index (χ3v) is 4.69. The molecule has 0 amide bonds. The summed E-state index contributed by atoms with van der Waals surface area (Å²) < 4.78 is 10.8. The predicted octanol–water partition coefficient (Wildman–Crippen LogP) is 3.59. The highest BCUT2D eigenvalue weighted by atomic mass is 32.1. The van der Waals surface area contributed by atoms with Gasteiger partial charge in [-0.05, 0) is 38.5 Å². The number of aromatic nitrogens is 1.